The fourth-order valence-corrected chi connectivity index (χ4v) is 1.76. The summed E-state index contributed by atoms with van der Waals surface area (Å²) in [5.74, 6) is 1.69. The predicted octanol–water partition coefficient (Wildman–Crippen LogP) is 3.53. The van der Waals surface area contributed by atoms with E-state index in [1.165, 1.54) is 0 Å². The first-order valence-electron chi connectivity index (χ1n) is 6.67. The minimum absolute atomic E-state index is 0.0153. The number of rotatable bonds is 5. The molecule has 19 heavy (non-hydrogen) atoms. The van der Waals surface area contributed by atoms with Crippen molar-refractivity contribution in [3.8, 4) is 11.5 Å². The zero-order valence-electron chi connectivity index (χ0n) is 12.9. The molecule has 0 saturated carbocycles. The molecule has 0 aliphatic carbocycles. The SMILES string of the molecule is COc1ccc(OCCC(C)(C)O)c(C(C)(C)C)c1. The predicted molar refractivity (Wildman–Crippen MR) is 78.1 cm³/mol. The van der Waals surface area contributed by atoms with Crippen LogP contribution in [-0.4, -0.2) is 24.4 Å². The lowest BCUT2D eigenvalue weighted by atomic mass is 9.86. The van der Waals surface area contributed by atoms with Gasteiger partial charge < -0.3 is 14.6 Å². The summed E-state index contributed by atoms with van der Waals surface area (Å²) in [5.41, 5.74) is 0.398. The van der Waals surface area contributed by atoms with Crippen molar-refractivity contribution in [3.05, 3.63) is 23.8 Å². The lowest BCUT2D eigenvalue weighted by Crippen LogP contribution is -2.22. The summed E-state index contributed by atoms with van der Waals surface area (Å²) in [7, 11) is 1.66. The van der Waals surface area contributed by atoms with Crippen LogP contribution in [0.1, 0.15) is 46.6 Å². The Morgan fingerprint density at radius 1 is 1.11 bits per heavy atom. The molecular weight excluding hydrogens is 240 g/mol. The standard InChI is InChI=1S/C16H26O3/c1-15(2,3)13-11-12(18-6)7-8-14(13)19-10-9-16(4,5)17/h7-8,11,17H,9-10H2,1-6H3. The molecule has 0 spiro atoms. The van der Waals surface area contributed by atoms with Crippen LogP contribution in [0.25, 0.3) is 0 Å². The molecule has 0 heterocycles. The minimum atomic E-state index is -0.700. The average Bonchev–Trinajstić information content (AvgIpc) is 2.26. The Morgan fingerprint density at radius 3 is 2.21 bits per heavy atom. The summed E-state index contributed by atoms with van der Waals surface area (Å²) in [4.78, 5) is 0. The van der Waals surface area contributed by atoms with Gasteiger partial charge in [-0.3, -0.25) is 0 Å². The van der Waals surface area contributed by atoms with Crippen LogP contribution in [-0.2, 0) is 5.41 Å². The second kappa shape index (κ2) is 5.83. The summed E-state index contributed by atoms with van der Waals surface area (Å²) in [6.45, 7) is 10.5. The van der Waals surface area contributed by atoms with E-state index < -0.39 is 5.60 Å². The van der Waals surface area contributed by atoms with E-state index in [4.69, 9.17) is 9.47 Å². The summed E-state index contributed by atoms with van der Waals surface area (Å²) in [6, 6.07) is 5.85. The normalized spacial score (nSPS) is 12.4. The van der Waals surface area contributed by atoms with Crippen molar-refractivity contribution in [1.82, 2.24) is 0 Å². The summed E-state index contributed by atoms with van der Waals surface area (Å²) < 4.78 is 11.1. The molecule has 0 radical (unpaired) electrons. The van der Waals surface area contributed by atoms with Crippen LogP contribution in [0.4, 0.5) is 0 Å². The molecule has 1 N–H and O–H groups in total. The van der Waals surface area contributed by atoms with E-state index in [1.807, 2.05) is 18.2 Å². The lowest BCUT2D eigenvalue weighted by molar-refractivity contribution is 0.0551. The molecule has 0 amide bonds. The van der Waals surface area contributed by atoms with Gasteiger partial charge in [0, 0.05) is 12.0 Å². The van der Waals surface area contributed by atoms with Gasteiger partial charge in [-0.25, -0.2) is 0 Å². The van der Waals surface area contributed by atoms with Crippen LogP contribution in [0.15, 0.2) is 18.2 Å². The highest BCUT2D eigenvalue weighted by atomic mass is 16.5. The molecule has 3 nitrogen and oxygen atoms in total. The van der Waals surface area contributed by atoms with E-state index in [0.717, 1.165) is 17.1 Å². The monoisotopic (exact) mass is 266 g/mol. The number of hydrogen-bond acceptors (Lipinski definition) is 3. The minimum Gasteiger partial charge on any atom is -0.497 e. The van der Waals surface area contributed by atoms with Crippen LogP contribution in [0.5, 0.6) is 11.5 Å². The third-order valence-corrected chi connectivity index (χ3v) is 2.97. The summed E-state index contributed by atoms with van der Waals surface area (Å²) in [5, 5.41) is 9.71. The maximum absolute atomic E-state index is 9.71. The van der Waals surface area contributed by atoms with Gasteiger partial charge in [-0.1, -0.05) is 20.8 Å². The number of hydrogen-bond donors (Lipinski definition) is 1. The zero-order valence-corrected chi connectivity index (χ0v) is 12.9. The maximum Gasteiger partial charge on any atom is 0.123 e. The Kier molecular flexibility index (Phi) is 4.86. The molecule has 0 saturated heterocycles. The second-order valence-electron chi connectivity index (χ2n) is 6.52. The largest absolute Gasteiger partial charge is 0.497 e. The van der Waals surface area contributed by atoms with Crippen LogP contribution < -0.4 is 9.47 Å². The number of aliphatic hydroxyl groups is 1. The highest BCUT2D eigenvalue weighted by Crippen LogP contribution is 2.34. The average molecular weight is 266 g/mol. The smallest absolute Gasteiger partial charge is 0.123 e. The van der Waals surface area contributed by atoms with E-state index in [9.17, 15) is 5.11 Å². The highest BCUT2D eigenvalue weighted by Gasteiger charge is 2.20. The van der Waals surface area contributed by atoms with Gasteiger partial charge in [-0.2, -0.15) is 0 Å². The van der Waals surface area contributed by atoms with Gasteiger partial charge in [0.1, 0.15) is 11.5 Å². The first kappa shape index (κ1) is 15.8. The summed E-state index contributed by atoms with van der Waals surface area (Å²) in [6.07, 6.45) is 0.600. The van der Waals surface area contributed by atoms with Gasteiger partial charge in [-0.05, 0) is 37.5 Å². The van der Waals surface area contributed by atoms with Crippen LogP contribution in [0.3, 0.4) is 0 Å². The maximum atomic E-state index is 9.71. The van der Waals surface area contributed by atoms with Crippen LogP contribution >= 0.6 is 0 Å². The molecule has 0 bridgehead atoms. The molecule has 1 aromatic rings. The van der Waals surface area contributed by atoms with Crippen molar-refractivity contribution in [2.24, 2.45) is 0 Å². The van der Waals surface area contributed by atoms with Gasteiger partial charge in [0.2, 0.25) is 0 Å². The van der Waals surface area contributed by atoms with Crippen molar-refractivity contribution in [3.63, 3.8) is 0 Å². The molecule has 0 fully saturated rings. The van der Waals surface area contributed by atoms with Gasteiger partial charge in [0.05, 0.1) is 19.3 Å². The van der Waals surface area contributed by atoms with E-state index in [2.05, 4.69) is 20.8 Å². The zero-order chi connectivity index (χ0) is 14.7. The van der Waals surface area contributed by atoms with Gasteiger partial charge in [0.15, 0.2) is 0 Å². The Bertz CT molecular complexity index is 411. The molecule has 0 aliphatic heterocycles. The van der Waals surface area contributed by atoms with E-state index in [-0.39, 0.29) is 5.41 Å². The first-order chi connectivity index (χ1) is 8.63. The number of methoxy groups -OCH3 is 1. The third kappa shape index (κ3) is 5.11. The molecule has 1 aromatic carbocycles. The molecule has 0 aromatic heterocycles. The third-order valence-electron chi connectivity index (χ3n) is 2.97. The molecular formula is C16H26O3. The van der Waals surface area contributed by atoms with E-state index in [0.29, 0.717) is 13.0 Å². The Balaban J connectivity index is 2.88. The van der Waals surface area contributed by atoms with Crippen molar-refractivity contribution in [2.75, 3.05) is 13.7 Å². The van der Waals surface area contributed by atoms with E-state index in [1.54, 1.807) is 21.0 Å². The first-order valence-corrected chi connectivity index (χ1v) is 6.67. The Hall–Kier alpha value is -1.22. The topological polar surface area (TPSA) is 38.7 Å². The Labute approximate surface area is 116 Å². The molecule has 0 atom stereocenters. The van der Waals surface area contributed by atoms with Gasteiger partial charge in [0.25, 0.3) is 0 Å². The fraction of sp³-hybridized carbons (Fsp3) is 0.625. The molecule has 0 unspecified atom stereocenters. The summed E-state index contributed by atoms with van der Waals surface area (Å²) >= 11 is 0. The van der Waals surface area contributed by atoms with Gasteiger partial charge >= 0.3 is 0 Å². The van der Waals surface area contributed by atoms with Crippen LogP contribution in [0, 0.1) is 0 Å². The van der Waals surface area contributed by atoms with Crippen molar-refractivity contribution < 1.29 is 14.6 Å². The number of ether oxygens (including phenoxy) is 2. The second-order valence-corrected chi connectivity index (χ2v) is 6.52. The number of benzene rings is 1. The van der Waals surface area contributed by atoms with Crippen LogP contribution in [0.2, 0.25) is 0 Å². The molecule has 0 aliphatic rings. The molecule has 1 rings (SSSR count). The van der Waals surface area contributed by atoms with Crippen molar-refractivity contribution >= 4 is 0 Å². The fourth-order valence-electron chi connectivity index (χ4n) is 1.76. The van der Waals surface area contributed by atoms with Gasteiger partial charge in [-0.15, -0.1) is 0 Å². The van der Waals surface area contributed by atoms with Crippen molar-refractivity contribution in [1.29, 1.82) is 0 Å². The highest BCUT2D eigenvalue weighted by molar-refractivity contribution is 5.44. The molecule has 3 heteroatoms. The van der Waals surface area contributed by atoms with Crippen molar-refractivity contribution in [2.45, 2.75) is 52.1 Å². The van der Waals surface area contributed by atoms with E-state index >= 15 is 0 Å². The quantitative estimate of drug-likeness (QED) is 0.886. The lowest BCUT2D eigenvalue weighted by Gasteiger charge is -2.24. The molecule has 108 valence electrons. The Morgan fingerprint density at radius 2 is 1.74 bits per heavy atom.